The number of carbonyl (C=O) groups excluding carboxylic acids is 1. The number of ether oxygens (including phenoxy) is 1. The zero-order chi connectivity index (χ0) is 19.1. The predicted octanol–water partition coefficient (Wildman–Crippen LogP) is 1.72. The van der Waals surface area contributed by atoms with Gasteiger partial charge < -0.3 is 14.6 Å². The first-order valence-corrected chi connectivity index (χ1v) is 9.25. The monoisotopic (exact) mass is 374 g/mol. The Kier molecular flexibility index (Phi) is 3.93. The number of pyridine rings is 1. The first-order chi connectivity index (χ1) is 13.7. The van der Waals surface area contributed by atoms with Gasteiger partial charge in [-0.2, -0.15) is 0 Å². The number of aromatic nitrogens is 3. The second kappa shape index (κ2) is 6.60. The summed E-state index contributed by atoms with van der Waals surface area (Å²) in [5.74, 6) is 1.20. The Labute approximate surface area is 161 Å². The van der Waals surface area contributed by atoms with E-state index >= 15 is 0 Å². The molecule has 1 N–H and O–H groups in total. The van der Waals surface area contributed by atoms with E-state index in [0.29, 0.717) is 43.0 Å². The van der Waals surface area contributed by atoms with Gasteiger partial charge >= 0.3 is 0 Å². The van der Waals surface area contributed by atoms with E-state index in [-0.39, 0.29) is 11.5 Å². The Morgan fingerprint density at radius 1 is 1.18 bits per heavy atom. The summed E-state index contributed by atoms with van der Waals surface area (Å²) in [5, 5.41) is 0. The lowest BCUT2D eigenvalue weighted by atomic mass is 10.0. The van der Waals surface area contributed by atoms with Gasteiger partial charge in [-0.05, 0) is 30.2 Å². The summed E-state index contributed by atoms with van der Waals surface area (Å²) in [6.45, 7) is 0.799. The molecule has 7 heteroatoms. The fourth-order valence-corrected chi connectivity index (χ4v) is 3.80. The molecule has 2 aromatic heterocycles. The molecule has 0 radical (unpaired) electrons. The van der Waals surface area contributed by atoms with Gasteiger partial charge in [-0.1, -0.05) is 18.2 Å². The van der Waals surface area contributed by atoms with E-state index in [0.717, 1.165) is 16.9 Å². The highest BCUT2D eigenvalue weighted by Crippen LogP contribution is 2.29. The van der Waals surface area contributed by atoms with Gasteiger partial charge in [0.2, 0.25) is 0 Å². The average molecular weight is 374 g/mol. The number of nitrogens with zero attached hydrogens (tertiary/aromatic N) is 3. The van der Waals surface area contributed by atoms with Gasteiger partial charge in [0.05, 0.1) is 12.2 Å². The number of rotatable bonds is 2. The molecule has 7 nitrogen and oxygen atoms in total. The van der Waals surface area contributed by atoms with Gasteiger partial charge in [0, 0.05) is 36.5 Å². The van der Waals surface area contributed by atoms with Crippen LogP contribution in [0.1, 0.15) is 16.8 Å². The number of para-hydroxylation sites is 1. The number of H-pyrrole nitrogens is 1. The predicted molar refractivity (Wildman–Crippen MR) is 102 cm³/mol. The van der Waals surface area contributed by atoms with Crippen LogP contribution in [0.5, 0.6) is 5.75 Å². The lowest BCUT2D eigenvalue weighted by Crippen LogP contribution is -2.45. The molecule has 1 amide bonds. The number of nitrogens with one attached hydrogen (secondary N) is 1. The molecule has 2 aliphatic heterocycles. The summed E-state index contributed by atoms with van der Waals surface area (Å²) in [5.41, 5.74) is 2.98. The topological polar surface area (TPSA) is 88.2 Å². The highest BCUT2D eigenvalue weighted by atomic mass is 16.5. The number of aromatic amines is 1. The zero-order valence-electron chi connectivity index (χ0n) is 15.1. The van der Waals surface area contributed by atoms with E-state index in [1.807, 2.05) is 24.3 Å². The quantitative estimate of drug-likeness (QED) is 0.738. The molecular formula is C21H18N4O3. The summed E-state index contributed by atoms with van der Waals surface area (Å²) in [4.78, 5) is 38.7. The van der Waals surface area contributed by atoms with Crippen molar-refractivity contribution in [3.63, 3.8) is 0 Å². The molecule has 0 saturated carbocycles. The first-order valence-electron chi connectivity index (χ1n) is 9.25. The number of fused-ring (bicyclic) bond motifs is 2. The van der Waals surface area contributed by atoms with Crippen LogP contribution in [0.3, 0.4) is 0 Å². The molecule has 0 aliphatic carbocycles. The Bertz CT molecular complexity index is 1090. The van der Waals surface area contributed by atoms with Crippen LogP contribution in [0.2, 0.25) is 0 Å². The number of carbonyl (C=O) groups is 1. The fourth-order valence-electron chi connectivity index (χ4n) is 3.80. The summed E-state index contributed by atoms with van der Waals surface area (Å²) >= 11 is 0. The Hall–Kier alpha value is -3.48. The van der Waals surface area contributed by atoms with Crippen molar-refractivity contribution >= 4 is 5.91 Å². The second-order valence-electron chi connectivity index (χ2n) is 7.00. The van der Waals surface area contributed by atoms with E-state index in [2.05, 4.69) is 15.0 Å². The third-order valence-electron chi connectivity index (χ3n) is 5.26. The maximum atomic E-state index is 13.0. The SMILES string of the molecule is O=C(C1Cc2ccccc2O1)N1CCc2c(nc(-c3ccncc3)[nH]c2=O)C1. The number of hydrogen-bond acceptors (Lipinski definition) is 5. The van der Waals surface area contributed by atoms with Crippen molar-refractivity contribution in [2.45, 2.75) is 25.5 Å². The van der Waals surface area contributed by atoms with Crippen LogP contribution in [0, 0.1) is 0 Å². The van der Waals surface area contributed by atoms with E-state index in [1.54, 1.807) is 29.4 Å². The average Bonchev–Trinajstić information content (AvgIpc) is 3.17. The lowest BCUT2D eigenvalue weighted by molar-refractivity contribution is -0.139. The minimum atomic E-state index is -0.513. The molecule has 1 aromatic carbocycles. The van der Waals surface area contributed by atoms with Crippen LogP contribution in [0.4, 0.5) is 0 Å². The van der Waals surface area contributed by atoms with Crippen molar-refractivity contribution < 1.29 is 9.53 Å². The van der Waals surface area contributed by atoms with E-state index < -0.39 is 6.10 Å². The molecule has 5 rings (SSSR count). The maximum Gasteiger partial charge on any atom is 0.264 e. The van der Waals surface area contributed by atoms with Crippen LogP contribution >= 0.6 is 0 Å². The molecule has 2 aliphatic rings. The van der Waals surface area contributed by atoms with Crippen LogP contribution in [0.15, 0.2) is 53.6 Å². The molecule has 3 aromatic rings. The molecule has 0 saturated heterocycles. The van der Waals surface area contributed by atoms with Crippen LogP contribution < -0.4 is 10.3 Å². The third kappa shape index (κ3) is 2.85. The normalized spacial score (nSPS) is 17.6. The van der Waals surface area contributed by atoms with Crippen LogP contribution in [0.25, 0.3) is 11.4 Å². The zero-order valence-corrected chi connectivity index (χ0v) is 15.1. The molecular weight excluding hydrogens is 356 g/mol. The third-order valence-corrected chi connectivity index (χ3v) is 5.26. The number of hydrogen-bond donors (Lipinski definition) is 1. The molecule has 0 spiro atoms. The highest BCUT2D eigenvalue weighted by molar-refractivity contribution is 5.83. The van der Waals surface area contributed by atoms with Crippen molar-refractivity contribution in [2.24, 2.45) is 0 Å². The second-order valence-corrected chi connectivity index (χ2v) is 7.00. The van der Waals surface area contributed by atoms with E-state index in [1.165, 1.54) is 0 Å². The lowest BCUT2D eigenvalue weighted by Gasteiger charge is -2.29. The van der Waals surface area contributed by atoms with Gasteiger partial charge in [-0.15, -0.1) is 0 Å². The molecule has 0 bridgehead atoms. The molecule has 0 fully saturated rings. The molecule has 28 heavy (non-hydrogen) atoms. The van der Waals surface area contributed by atoms with Gasteiger partial charge in [0.15, 0.2) is 6.10 Å². The van der Waals surface area contributed by atoms with Gasteiger partial charge in [0.1, 0.15) is 11.6 Å². The van der Waals surface area contributed by atoms with Crippen molar-refractivity contribution in [3.05, 3.63) is 76.0 Å². The Balaban J connectivity index is 1.40. The number of amides is 1. The van der Waals surface area contributed by atoms with Gasteiger partial charge in [0.25, 0.3) is 11.5 Å². The largest absolute Gasteiger partial charge is 0.480 e. The Morgan fingerprint density at radius 2 is 2.00 bits per heavy atom. The van der Waals surface area contributed by atoms with Crippen LogP contribution in [-0.4, -0.2) is 38.4 Å². The summed E-state index contributed by atoms with van der Waals surface area (Å²) in [7, 11) is 0. The summed E-state index contributed by atoms with van der Waals surface area (Å²) in [6.07, 6.45) is 3.85. The van der Waals surface area contributed by atoms with Crippen molar-refractivity contribution in [2.75, 3.05) is 6.54 Å². The minimum Gasteiger partial charge on any atom is -0.480 e. The highest BCUT2D eigenvalue weighted by Gasteiger charge is 2.34. The molecule has 4 heterocycles. The van der Waals surface area contributed by atoms with Crippen molar-refractivity contribution in [1.29, 1.82) is 0 Å². The first kappa shape index (κ1) is 16.7. The van der Waals surface area contributed by atoms with Crippen LogP contribution in [-0.2, 0) is 24.2 Å². The maximum absolute atomic E-state index is 13.0. The molecule has 140 valence electrons. The minimum absolute atomic E-state index is 0.0607. The fraction of sp³-hybridized carbons (Fsp3) is 0.238. The van der Waals surface area contributed by atoms with Gasteiger partial charge in [-0.25, -0.2) is 4.98 Å². The smallest absolute Gasteiger partial charge is 0.264 e. The van der Waals surface area contributed by atoms with Crippen molar-refractivity contribution in [3.8, 4) is 17.1 Å². The standard InChI is InChI=1S/C21H18N4O3/c26-20-15-7-10-25(21(27)18-11-14-3-1-2-4-17(14)28-18)12-16(15)23-19(24-20)13-5-8-22-9-6-13/h1-6,8-9,18H,7,10-12H2,(H,23,24,26). The Morgan fingerprint density at radius 3 is 2.82 bits per heavy atom. The summed E-state index contributed by atoms with van der Waals surface area (Å²) < 4.78 is 5.84. The van der Waals surface area contributed by atoms with Crippen molar-refractivity contribution in [1.82, 2.24) is 19.9 Å². The van der Waals surface area contributed by atoms with Gasteiger partial charge in [-0.3, -0.25) is 14.6 Å². The number of benzene rings is 1. The van der Waals surface area contributed by atoms with E-state index in [4.69, 9.17) is 4.74 Å². The summed E-state index contributed by atoms with van der Waals surface area (Å²) in [6, 6.07) is 11.3. The van der Waals surface area contributed by atoms with E-state index in [9.17, 15) is 9.59 Å². The molecule has 1 unspecified atom stereocenters. The molecule has 1 atom stereocenters.